The highest BCUT2D eigenvalue weighted by Gasteiger charge is 2.35. The molecule has 0 unspecified atom stereocenters. The number of nitrogens with zero attached hydrogens (tertiary/aromatic N) is 1. The second-order valence-corrected chi connectivity index (χ2v) is 3.03. The Morgan fingerprint density at radius 2 is 1.69 bits per heavy atom. The van der Waals surface area contributed by atoms with E-state index in [1.165, 1.54) is 18.2 Å². The number of amides is 2. The van der Waals surface area contributed by atoms with E-state index in [1.54, 1.807) is 0 Å². The van der Waals surface area contributed by atoms with Gasteiger partial charge in [-0.2, -0.15) is 0 Å². The molecule has 0 N–H and O–H groups in total. The zero-order valence-electron chi connectivity index (χ0n) is 6.28. The van der Waals surface area contributed by atoms with Gasteiger partial charge in [0.2, 0.25) is 0 Å². The number of carbonyl (C=O) groups excluding carboxylic acids is 2. The van der Waals surface area contributed by atoms with Crippen molar-refractivity contribution in [3.8, 4) is 0 Å². The topological polar surface area (TPSA) is 57.3 Å². The molecule has 0 aromatic heterocycles. The van der Waals surface area contributed by atoms with E-state index >= 15 is 0 Å². The second kappa shape index (κ2) is 2.55. The summed E-state index contributed by atoms with van der Waals surface area (Å²) in [7, 11) is 0. The Labute approximate surface area is 78.3 Å². The van der Waals surface area contributed by atoms with Crippen molar-refractivity contribution in [2.45, 2.75) is 0 Å². The molecule has 2 amide bonds. The molecule has 5 heteroatoms. The zero-order chi connectivity index (χ0) is 9.59. The lowest BCUT2D eigenvalue weighted by molar-refractivity contribution is -0.0828. The van der Waals surface area contributed by atoms with E-state index in [4.69, 9.17) is 11.6 Å². The molecule has 1 aromatic carbocycles. The molecule has 1 heterocycles. The molecule has 0 aliphatic carbocycles. The predicted octanol–water partition coefficient (Wildman–Crippen LogP) is 1.28. The van der Waals surface area contributed by atoms with E-state index in [0.29, 0.717) is 5.02 Å². The van der Waals surface area contributed by atoms with Gasteiger partial charge in [0.15, 0.2) is 0 Å². The van der Waals surface area contributed by atoms with Crippen molar-refractivity contribution in [3.05, 3.63) is 34.3 Å². The van der Waals surface area contributed by atoms with Gasteiger partial charge in [0.1, 0.15) is 0 Å². The molecule has 0 spiro atoms. The average Bonchev–Trinajstić information content (AvgIpc) is 2.32. The maximum absolute atomic E-state index is 11.1. The molecule has 1 aliphatic heterocycles. The Balaban J connectivity index is 2.67. The number of carbonyl (C=O) groups is 2. The van der Waals surface area contributed by atoms with Crippen LogP contribution < -0.4 is 0 Å². The standard InChI is InChI=1S/C8H3ClNO3/c9-4-1-2-5-6(3-4)8(12)10(13)7(5)11/h1-3H. The Morgan fingerprint density at radius 3 is 2.38 bits per heavy atom. The van der Waals surface area contributed by atoms with Gasteiger partial charge in [0.25, 0.3) is 11.8 Å². The van der Waals surface area contributed by atoms with Gasteiger partial charge in [-0.05, 0) is 18.2 Å². The van der Waals surface area contributed by atoms with E-state index in [9.17, 15) is 14.8 Å². The first kappa shape index (κ1) is 8.22. The molecule has 1 radical (unpaired) electrons. The highest BCUT2D eigenvalue weighted by atomic mass is 35.5. The van der Waals surface area contributed by atoms with Crippen LogP contribution in [0.25, 0.3) is 0 Å². The van der Waals surface area contributed by atoms with Crippen molar-refractivity contribution in [2.75, 3.05) is 0 Å². The third kappa shape index (κ3) is 1.03. The number of hydroxylamine groups is 2. The Kier molecular flexibility index (Phi) is 1.61. The lowest BCUT2D eigenvalue weighted by atomic mass is 10.1. The van der Waals surface area contributed by atoms with Gasteiger partial charge in [0, 0.05) is 5.02 Å². The quantitative estimate of drug-likeness (QED) is 0.587. The van der Waals surface area contributed by atoms with Crippen molar-refractivity contribution in [1.29, 1.82) is 0 Å². The largest absolute Gasteiger partial charge is 0.288 e. The van der Waals surface area contributed by atoms with Crippen LogP contribution in [0.1, 0.15) is 20.7 Å². The van der Waals surface area contributed by atoms with Crippen molar-refractivity contribution in [3.63, 3.8) is 0 Å². The second-order valence-electron chi connectivity index (χ2n) is 2.59. The van der Waals surface area contributed by atoms with Crippen LogP contribution in [0.3, 0.4) is 0 Å². The molecule has 0 fully saturated rings. The first-order valence-corrected chi connectivity index (χ1v) is 3.84. The van der Waals surface area contributed by atoms with Gasteiger partial charge in [-0.25, -0.2) is 0 Å². The first-order chi connectivity index (χ1) is 6.11. The number of halogens is 1. The van der Waals surface area contributed by atoms with Gasteiger partial charge < -0.3 is 0 Å². The molecule has 2 rings (SSSR count). The van der Waals surface area contributed by atoms with Crippen LogP contribution in [0.15, 0.2) is 18.2 Å². The first-order valence-electron chi connectivity index (χ1n) is 3.47. The number of fused-ring (bicyclic) bond motifs is 1. The van der Waals surface area contributed by atoms with Crippen molar-refractivity contribution < 1.29 is 14.8 Å². The van der Waals surface area contributed by atoms with Crippen LogP contribution in [0.4, 0.5) is 0 Å². The summed E-state index contributed by atoms with van der Waals surface area (Å²) < 4.78 is 0. The molecule has 0 bridgehead atoms. The Bertz CT molecular complexity index is 416. The molecular formula is C8H3ClNO3. The fourth-order valence-electron chi connectivity index (χ4n) is 1.19. The third-order valence-corrected chi connectivity index (χ3v) is 2.05. The fraction of sp³-hybridized carbons (Fsp3) is 0. The van der Waals surface area contributed by atoms with Crippen LogP contribution in [0.2, 0.25) is 5.02 Å². The van der Waals surface area contributed by atoms with Gasteiger partial charge in [-0.3, -0.25) is 9.59 Å². The molecule has 0 saturated heterocycles. The number of imide groups is 1. The van der Waals surface area contributed by atoms with E-state index < -0.39 is 11.8 Å². The van der Waals surface area contributed by atoms with E-state index in [0.717, 1.165) is 0 Å². The van der Waals surface area contributed by atoms with Crippen LogP contribution in [-0.2, 0) is 5.21 Å². The minimum Gasteiger partial charge on any atom is -0.266 e. The van der Waals surface area contributed by atoms with Crippen LogP contribution in [-0.4, -0.2) is 16.9 Å². The van der Waals surface area contributed by atoms with Crippen LogP contribution in [0.5, 0.6) is 0 Å². The van der Waals surface area contributed by atoms with E-state index in [-0.39, 0.29) is 16.2 Å². The number of hydrogen-bond acceptors (Lipinski definition) is 2. The monoisotopic (exact) mass is 196 g/mol. The average molecular weight is 197 g/mol. The fourth-order valence-corrected chi connectivity index (χ4v) is 1.36. The number of hydrogen-bond donors (Lipinski definition) is 0. The summed E-state index contributed by atoms with van der Waals surface area (Å²) in [4.78, 5) is 22.2. The summed E-state index contributed by atoms with van der Waals surface area (Å²) in [6, 6.07) is 4.15. The molecule has 1 aromatic rings. The maximum atomic E-state index is 11.1. The molecule has 13 heavy (non-hydrogen) atoms. The van der Waals surface area contributed by atoms with Gasteiger partial charge in [-0.1, -0.05) is 16.8 Å². The smallest absolute Gasteiger partial charge is 0.266 e. The minimum absolute atomic E-state index is 0.0764. The van der Waals surface area contributed by atoms with E-state index in [1.807, 2.05) is 0 Å². The summed E-state index contributed by atoms with van der Waals surface area (Å²) in [5.41, 5.74) is 0.192. The van der Waals surface area contributed by atoms with Crippen molar-refractivity contribution in [2.24, 2.45) is 0 Å². The summed E-state index contributed by atoms with van der Waals surface area (Å²) in [5, 5.41) is 11.0. The highest BCUT2D eigenvalue weighted by Crippen LogP contribution is 2.24. The normalized spacial score (nSPS) is 15.1. The number of benzene rings is 1. The molecule has 1 aliphatic rings. The van der Waals surface area contributed by atoms with Crippen LogP contribution in [0, 0.1) is 0 Å². The summed E-state index contributed by atoms with van der Waals surface area (Å²) >= 11 is 5.60. The zero-order valence-corrected chi connectivity index (χ0v) is 7.04. The summed E-state index contributed by atoms with van der Waals surface area (Å²) in [6.45, 7) is 0. The highest BCUT2D eigenvalue weighted by molar-refractivity contribution is 6.32. The molecular weight excluding hydrogens is 194 g/mol. The minimum atomic E-state index is -0.845. The molecule has 4 nitrogen and oxygen atoms in total. The van der Waals surface area contributed by atoms with Crippen molar-refractivity contribution >= 4 is 23.4 Å². The maximum Gasteiger partial charge on any atom is 0.288 e. The summed E-state index contributed by atoms with van der Waals surface area (Å²) in [5.74, 6) is -1.67. The molecule has 0 atom stereocenters. The predicted molar refractivity (Wildman–Crippen MR) is 42.6 cm³/mol. The number of rotatable bonds is 0. The third-order valence-electron chi connectivity index (χ3n) is 1.81. The van der Waals surface area contributed by atoms with E-state index in [2.05, 4.69) is 0 Å². The summed E-state index contributed by atoms with van der Waals surface area (Å²) in [6.07, 6.45) is 0. The van der Waals surface area contributed by atoms with Crippen molar-refractivity contribution in [1.82, 2.24) is 5.06 Å². The molecule has 0 saturated carbocycles. The van der Waals surface area contributed by atoms with Crippen LogP contribution >= 0.6 is 11.6 Å². The molecule has 65 valence electrons. The lowest BCUT2D eigenvalue weighted by Gasteiger charge is -1.95. The van der Waals surface area contributed by atoms with Gasteiger partial charge >= 0.3 is 0 Å². The SMILES string of the molecule is [O]N1C(=O)c2ccc(Cl)cc2C1=O. The Hall–Kier alpha value is -1.39. The van der Waals surface area contributed by atoms with Gasteiger partial charge in [-0.15, -0.1) is 5.06 Å². The van der Waals surface area contributed by atoms with Gasteiger partial charge in [0.05, 0.1) is 11.1 Å². The lowest BCUT2D eigenvalue weighted by Crippen LogP contribution is -2.23. The Morgan fingerprint density at radius 1 is 1.08 bits per heavy atom.